The standard InChI is InChI=1S/C15H22N4O2S/c1-17-9-11(14(16)20)8-13(17)15(21)19-5-3-18(4-6-19)12-2-7-22-10-12/h8-9,12H,2-7,10H2,1H3,(H2,16,20). The summed E-state index contributed by atoms with van der Waals surface area (Å²) in [7, 11) is 1.77. The summed E-state index contributed by atoms with van der Waals surface area (Å²) in [6, 6.07) is 2.27. The van der Waals surface area contributed by atoms with Crippen LogP contribution in [-0.2, 0) is 7.05 Å². The zero-order valence-corrected chi connectivity index (χ0v) is 13.6. The van der Waals surface area contributed by atoms with Crippen molar-refractivity contribution in [2.45, 2.75) is 12.5 Å². The first-order chi connectivity index (χ1) is 10.6. The van der Waals surface area contributed by atoms with Gasteiger partial charge in [0.15, 0.2) is 0 Å². The van der Waals surface area contributed by atoms with Crippen molar-refractivity contribution in [1.29, 1.82) is 0 Å². The maximum atomic E-state index is 12.6. The molecule has 3 heterocycles. The number of hydrogen-bond acceptors (Lipinski definition) is 4. The van der Waals surface area contributed by atoms with Crippen molar-refractivity contribution < 1.29 is 9.59 Å². The molecule has 0 bridgehead atoms. The fourth-order valence-corrected chi connectivity index (χ4v) is 4.43. The van der Waals surface area contributed by atoms with E-state index in [0.29, 0.717) is 17.3 Å². The Kier molecular flexibility index (Phi) is 4.44. The number of thioether (sulfide) groups is 1. The molecule has 2 saturated heterocycles. The number of piperazine rings is 1. The van der Waals surface area contributed by atoms with Crippen LogP contribution in [0.1, 0.15) is 27.3 Å². The summed E-state index contributed by atoms with van der Waals surface area (Å²) in [5, 5.41) is 0. The SMILES string of the molecule is Cn1cc(C(N)=O)cc1C(=O)N1CCN(C2CCSC2)CC1. The van der Waals surface area contributed by atoms with Crippen LogP contribution in [0.15, 0.2) is 12.3 Å². The maximum Gasteiger partial charge on any atom is 0.270 e. The number of primary amides is 1. The van der Waals surface area contributed by atoms with E-state index in [1.54, 1.807) is 23.9 Å². The average Bonchev–Trinajstić information content (AvgIpc) is 3.16. The molecule has 120 valence electrons. The second-order valence-corrected chi connectivity index (χ2v) is 7.08. The highest BCUT2D eigenvalue weighted by atomic mass is 32.2. The van der Waals surface area contributed by atoms with Gasteiger partial charge in [-0.1, -0.05) is 0 Å². The monoisotopic (exact) mass is 322 g/mol. The van der Waals surface area contributed by atoms with Gasteiger partial charge in [-0.25, -0.2) is 0 Å². The van der Waals surface area contributed by atoms with Gasteiger partial charge in [0.25, 0.3) is 5.91 Å². The molecule has 3 rings (SSSR count). The van der Waals surface area contributed by atoms with E-state index >= 15 is 0 Å². The molecule has 6 nitrogen and oxygen atoms in total. The lowest BCUT2D eigenvalue weighted by atomic mass is 10.2. The molecule has 0 radical (unpaired) electrons. The van der Waals surface area contributed by atoms with Crippen LogP contribution in [0.5, 0.6) is 0 Å². The van der Waals surface area contributed by atoms with Gasteiger partial charge in [-0.15, -0.1) is 0 Å². The van der Waals surface area contributed by atoms with Gasteiger partial charge in [-0.3, -0.25) is 14.5 Å². The van der Waals surface area contributed by atoms with Crippen molar-refractivity contribution >= 4 is 23.6 Å². The smallest absolute Gasteiger partial charge is 0.270 e. The third-order valence-corrected chi connectivity index (χ3v) is 5.68. The third kappa shape index (κ3) is 3.01. The van der Waals surface area contributed by atoms with Gasteiger partial charge in [0, 0.05) is 51.2 Å². The Balaban J connectivity index is 1.63. The normalized spacial score (nSPS) is 23.0. The van der Waals surface area contributed by atoms with Crippen LogP contribution in [0.2, 0.25) is 0 Å². The van der Waals surface area contributed by atoms with E-state index in [1.165, 1.54) is 17.9 Å². The largest absolute Gasteiger partial charge is 0.366 e. The quantitative estimate of drug-likeness (QED) is 0.874. The second-order valence-electron chi connectivity index (χ2n) is 5.93. The molecule has 2 fully saturated rings. The average molecular weight is 322 g/mol. The zero-order valence-electron chi connectivity index (χ0n) is 12.8. The van der Waals surface area contributed by atoms with Crippen LogP contribution >= 0.6 is 11.8 Å². The van der Waals surface area contributed by atoms with Crippen molar-refractivity contribution in [3.05, 3.63) is 23.5 Å². The lowest BCUT2D eigenvalue weighted by Gasteiger charge is -2.37. The number of amides is 2. The first kappa shape index (κ1) is 15.4. The predicted molar refractivity (Wildman–Crippen MR) is 87.1 cm³/mol. The molecule has 2 aliphatic heterocycles. The molecule has 0 aliphatic carbocycles. The number of hydrogen-bond donors (Lipinski definition) is 1. The number of aromatic nitrogens is 1. The molecule has 0 spiro atoms. The van der Waals surface area contributed by atoms with Gasteiger partial charge < -0.3 is 15.2 Å². The summed E-state index contributed by atoms with van der Waals surface area (Å²) in [5.41, 5.74) is 6.19. The van der Waals surface area contributed by atoms with Gasteiger partial charge in [0.1, 0.15) is 5.69 Å². The van der Waals surface area contributed by atoms with Crippen molar-refractivity contribution in [3.63, 3.8) is 0 Å². The Hall–Kier alpha value is -1.47. The Labute approximate surface area is 134 Å². The molecule has 0 saturated carbocycles. The Morgan fingerprint density at radius 3 is 2.55 bits per heavy atom. The third-order valence-electron chi connectivity index (χ3n) is 4.53. The highest BCUT2D eigenvalue weighted by Gasteiger charge is 2.29. The minimum Gasteiger partial charge on any atom is -0.366 e. The molecular weight excluding hydrogens is 300 g/mol. The number of carbonyl (C=O) groups excluding carboxylic acids is 2. The van der Waals surface area contributed by atoms with E-state index in [1.807, 2.05) is 16.7 Å². The Morgan fingerprint density at radius 2 is 2.00 bits per heavy atom. The first-order valence-corrected chi connectivity index (χ1v) is 8.79. The molecule has 2 amide bonds. The minimum absolute atomic E-state index is 0.0181. The van der Waals surface area contributed by atoms with E-state index in [0.717, 1.165) is 26.2 Å². The van der Waals surface area contributed by atoms with E-state index in [4.69, 9.17) is 5.73 Å². The summed E-state index contributed by atoms with van der Waals surface area (Å²) in [6.45, 7) is 3.36. The van der Waals surface area contributed by atoms with Crippen molar-refractivity contribution in [3.8, 4) is 0 Å². The summed E-state index contributed by atoms with van der Waals surface area (Å²) in [4.78, 5) is 28.2. The number of aryl methyl sites for hydroxylation is 1. The van der Waals surface area contributed by atoms with Crippen LogP contribution in [0.4, 0.5) is 0 Å². The van der Waals surface area contributed by atoms with Crippen molar-refractivity contribution in [2.75, 3.05) is 37.7 Å². The topological polar surface area (TPSA) is 71.6 Å². The van der Waals surface area contributed by atoms with Crippen LogP contribution in [0, 0.1) is 0 Å². The zero-order chi connectivity index (χ0) is 15.7. The fourth-order valence-electron chi connectivity index (χ4n) is 3.17. The summed E-state index contributed by atoms with van der Waals surface area (Å²) >= 11 is 2.02. The van der Waals surface area contributed by atoms with E-state index in [-0.39, 0.29) is 5.91 Å². The van der Waals surface area contributed by atoms with E-state index in [2.05, 4.69) is 4.90 Å². The van der Waals surface area contributed by atoms with Gasteiger partial charge in [-0.2, -0.15) is 11.8 Å². The maximum absolute atomic E-state index is 12.6. The fraction of sp³-hybridized carbons (Fsp3) is 0.600. The van der Waals surface area contributed by atoms with Gasteiger partial charge in [0.05, 0.1) is 5.56 Å². The molecule has 2 N–H and O–H groups in total. The summed E-state index contributed by atoms with van der Waals surface area (Å²) in [6.07, 6.45) is 2.87. The highest BCUT2D eigenvalue weighted by Crippen LogP contribution is 2.23. The molecule has 1 unspecified atom stereocenters. The van der Waals surface area contributed by atoms with Gasteiger partial charge in [-0.05, 0) is 18.2 Å². The van der Waals surface area contributed by atoms with Crippen molar-refractivity contribution in [2.24, 2.45) is 12.8 Å². The number of rotatable bonds is 3. The number of nitrogens with zero attached hydrogens (tertiary/aromatic N) is 3. The van der Waals surface area contributed by atoms with Gasteiger partial charge in [0.2, 0.25) is 5.91 Å². The highest BCUT2D eigenvalue weighted by molar-refractivity contribution is 7.99. The molecule has 1 aromatic heterocycles. The first-order valence-electron chi connectivity index (χ1n) is 7.63. The summed E-state index contributed by atoms with van der Waals surface area (Å²) < 4.78 is 1.68. The number of carbonyl (C=O) groups is 2. The van der Waals surface area contributed by atoms with Crippen LogP contribution in [0.25, 0.3) is 0 Å². The summed E-state index contributed by atoms with van der Waals surface area (Å²) in [5.74, 6) is 1.95. The van der Waals surface area contributed by atoms with Crippen molar-refractivity contribution in [1.82, 2.24) is 14.4 Å². The molecular formula is C15H22N4O2S. The van der Waals surface area contributed by atoms with Crippen LogP contribution in [-0.4, -0.2) is 69.9 Å². The lowest BCUT2D eigenvalue weighted by molar-refractivity contribution is 0.0579. The van der Waals surface area contributed by atoms with E-state index < -0.39 is 5.91 Å². The molecule has 1 aromatic rings. The Morgan fingerprint density at radius 1 is 1.27 bits per heavy atom. The lowest BCUT2D eigenvalue weighted by Crippen LogP contribution is -2.52. The molecule has 1 atom stereocenters. The number of nitrogens with two attached hydrogens (primary N) is 1. The van der Waals surface area contributed by atoms with Crippen LogP contribution in [0.3, 0.4) is 0 Å². The molecule has 0 aromatic carbocycles. The molecule has 7 heteroatoms. The molecule has 2 aliphatic rings. The minimum atomic E-state index is -0.502. The van der Waals surface area contributed by atoms with E-state index in [9.17, 15) is 9.59 Å². The molecule has 22 heavy (non-hydrogen) atoms. The second kappa shape index (κ2) is 6.34. The van der Waals surface area contributed by atoms with Crippen LogP contribution < -0.4 is 5.73 Å². The van der Waals surface area contributed by atoms with Gasteiger partial charge >= 0.3 is 0 Å². The predicted octanol–water partition coefficient (Wildman–Crippen LogP) is 0.387. The Bertz CT molecular complexity index is 572.